The molecule has 0 radical (unpaired) electrons. The first-order valence-electron chi connectivity index (χ1n) is 8.97. The molecule has 3 aromatic carbocycles. The van der Waals surface area contributed by atoms with Gasteiger partial charge in [-0.05, 0) is 60.5 Å². The predicted octanol–water partition coefficient (Wildman–Crippen LogP) is 5.54. The molecule has 5 rings (SSSR count). The molecule has 1 N–H and O–H groups in total. The van der Waals surface area contributed by atoms with Crippen LogP contribution in [0.25, 0.3) is 16.7 Å². The van der Waals surface area contributed by atoms with E-state index >= 15 is 0 Å². The third-order valence-corrected chi connectivity index (χ3v) is 4.98. The number of para-hydroxylation sites is 2. The summed E-state index contributed by atoms with van der Waals surface area (Å²) >= 11 is 0. The molecule has 0 aliphatic carbocycles. The monoisotopic (exact) mass is 355 g/mol. The lowest BCUT2D eigenvalue weighted by Crippen LogP contribution is -2.19. The van der Waals surface area contributed by atoms with E-state index in [1.165, 1.54) is 23.3 Å². The Morgan fingerprint density at radius 3 is 2.59 bits per heavy atom. The van der Waals surface area contributed by atoms with Crippen molar-refractivity contribution < 1.29 is 4.39 Å². The largest absolute Gasteiger partial charge is 0.325 e. The molecule has 4 heteroatoms. The van der Waals surface area contributed by atoms with Gasteiger partial charge in [0.2, 0.25) is 5.95 Å². The summed E-state index contributed by atoms with van der Waals surface area (Å²) in [5.41, 5.74) is 6.32. The molecule has 27 heavy (non-hydrogen) atoms. The molecule has 0 fully saturated rings. The van der Waals surface area contributed by atoms with Crippen LogP contribution in [0.15, 0.2) is 78.9 Å². The van der Waals surface area contributed by atoms with Gasteiger partial charge in [0.1, 0.15) is 5.82 Å². The van der Waals surface area contributed by atoms with Crippen LogP contribution in [0.1, 0.15) is 22.7 Å². The van der Waals surface area contributed by atoms with E-state index in [-0.39, 0.29) is 11.9 Å². The minimum absolute atomic E-state index is 0.00797. The van der Waals surface area contributed by atoms with E-state index in [0.29, 0.717) is 0 Å². The van der Waals surface area contributed by atoms with Crippen LogP contribution in [0, 0.1) is 12.7 Å². The van der Waals surface area contributed by atoms with E-state index in [0.717, 1.165) is 28.2 Å². The van der Waals surface area contributed by atoms with Gasteiger partial charge in [0.05, 0.1) is 17.1 Å². The number of rotatable bonds is 2. The van der Waals surface area contributed by atoms with Gasteiger partial charge < -0.3 is 5.32 Å². The molecule has 132 valence electrons. The van der Waals surface area contributed by atoms with Crippen molar-refractivity contribution in [2.75, 3.05) is 5.32 Å². The van der Waals surface area contributed by atoms with Crippen molar-refractivity contribution in [2.45, 2.75) is 13.0 Å². The number of fused-ring (bicyclic) bond motifs is 3. The van der Waals surface area contributed by atoms with E-state index in [2.05, 4.69) is 53.2 Å². The van der Waals surface area contributed by atoms with Gasteiger partial charge in [-0.2, -0.15) is 0 Å². The van der Waals surface area contributed by atoms with Crippen molar-refractivity contribution in [1.82, 2.24) is 9.55 Å². The number of allylic oxidation sites excluding steroid dienone is 1. The number of nitrogens with zero attached hydrogens (tertiary/aromatic N) is 2. The average molecular weight is 355 g/mol. The Morgan fingerprint density at radius 1 is 0.963 bits per heavy atom. The first-order valence-corrected chi connectivity index (χ1v) is 8.97. The van der Waals surface area contributed by atoms with Gasteiger partial charge >= 0.3 is 0 Å². The maximum atomic E-state index is 13.4. The standard InChI is InChI=1S/C23H18FN3/c1-15-5-4-6-17(13-15)22-14-20(16-9-11-18(24)12-10-16)26-23-25-19-7-2-3-8-21(19)27(22)23/h2-14,22H,1H3,(H,25,26)/t22-/m1/s1. The lowest BCUT2D eigenvalue weighted by molar-refractivity contribution is 0.627. The minimum Gasteiger partial charge on any atom is -0.325 e. The summed E-state index contributed by atoms with van der Waals surface area (Å²) in [4.78, 5) is 4.78. The number of aromatic nitrogens is 2. The zero-order chi connectivity index (χ0) is 18.4. The Hall–Kier alpha value is -3.40. The summed E-state index contributed by atoms with van der Waals surface area (Å²) in [7, 11) is 0. The van der Waals surface area contributed by atoms with Crippen molar-refractivity contribution >= 4 is 22.7 Å². The van der Waals surface area contributed by atoms with Gasteiger partial charge in [-0.3, -0.25) is 4.57 Å². The highest BCUT2D eigenvalue weighted by Gasteiger charge is 2.25. The SMILES string of the molecule is Cc1cccc([C@H]2C=C(c3ccc(F)cc3)Nc3nc4ccccc4n32)c1. The highest BCUT2D eigenvalue weighted by molar-refractivity contribution is 5.85. The second-order valence-electron chi connectivity index (χ2n) is 6.87. The smallest absolute Gasteiger partial charge is 0.209 e. The number of hydrogen-bond acceptors (Lipinski definition) is 2. The molecule has 1 aliphatic rings. The lowest BCUT2D eigenvalue weighted by atomic mass is 9.99. The number of halogens is 1. The number of aryl methyl sites for hydroxylation is 1. The van der Waals surface area contributed by atoms with E-state index in [1.54, 1.807) is 12.1 Å². The highest BCUT2D eigenvalue weighted by Crippen LogP contribution is 2.37. The van der Waals surface area contributed by atoms with Crippen LogP contribution in [-0.4, -0.2) is 9.55 Å². The van der Waals surface area contributed by atoms with Crippen LogP contribution in [0.2, 0.25) is 0 Å². The molecule has 0 saturated heterocycles. The summed E-state index contributed by atoms with van der Waals surface area (Å²) in [5, 5.41) is 3.43. The van der Waals surface area contributed by atoms with E-state index in [4.69, 9.17) is 4.98 Å². The van der Waals surface area contributed by atoms with E-state index in [9.17, 15) is 4.39 Å². The topological polar surface area (TPSA) is 29.9 Å². The van der Waals surface area contributed by atoms with Crippen LogP contribution < -0.4 is 5.32 Å². The van der Waals surface area contributed by atoms with Crippen LogP contribution in [-0.2, 0) is 0 Å². The van der Waals surface area contributed by atoms with Gasteiger partial charge in [0.15, 0.2) is 0 Å². The highest BCUT2D eigenvalue weighted by atomic mass is 19.1. The Kier molecular flexibility index (Phi) is 3.57. The molecule has 1 atom stereocenters. The third-order valence-electron chi connectivity index (χ3n) is 4.98. The molecular formula is C23H18FN3. The Morgan fingerprint density at radius 2 is 1.78 bits per heavy atom. The molecule has 0 saturated carbocycles. The van der Waals surface area contributed by atoms with Crippen LogP contribution in [0.4, 0.5) is 10.3 Å². The van der Waals surface area contributed by atoms with Crippen LogP contribution in [0.3, 0.4) is 0 Å². The molecule has 0 bridgehead atoms. The van der Waals surface area contributed by atoms with Crippen molar-refractivity contribution in [1.29, 1.82) is 0 Å². The van der Waals surface area contributed by atoms with E-state index in [1.807, 2.05) is 18.2 Å². The van der Waals surface area contributed by atoms with Gasteiger partial charge in [0, 0.05) is 5.70 Å². The number of imidazole rings is 1. The molecule has 3 nitrogen and oxygen atoms in total. The summed E-state index contributed by atoms with van der Waals surface area (Å²) < 4.78 is 15.6. The fraction of sp³-hybridized carbons (Fsp3) is 0.0870. The molecule has 1 aliphatic heterocycles. The van der Waals surface area contributed by atoms with Crippen molar-refractivity contribution in [3.8, 4) is 0 Å². The second kappa shape index (κ2) is 6.09. The fourth-order valence-corrected chi connectivity index (χ4v) is 3.71. The lowest BCUT2D eigenvalue weighted by Gasteiger charge is -2.27. The third kappa shape index (κ3) is 2.70. The summed E-state index contributed by atoms with van der Waals surface area (Å²) in [5.74, 6) is 0.558. The Bertz CT molecular complexity index is 1170. The fourth-order valence-electron chi connectivity index (χ4n) is 3.71. The van der Waals surface area contributed by atoms with Crippen molar-refractivity contribution in [2.24, 2.45) is 0 Å². The van der Waals surface area contributed by atoms with Crippen LogP contribution >= 0.6 is 0 Å². The molecule has 2 heterocycles. The zero-order valence-corrected chi connectivity index (χ0v) is 14.9. The Labute approximate surface area is 156 Å². The summed E-state index contributed by atoms with van der Waals surface area (Å²) in [6, 6.07) is 23.2. The second-order valence-corrected chi connectivity index (χ2v) is 6.87. The normalized spacial score (nSPS) is 15.9. The number of hydrogen-bond donors (Lipinski definition) is 1. The number of nitrogens with one attached hydrogen (secondary N) is 1. The maximum absolute atomic E-state index is 13.4. The van der Waals surface area contributed by atoms with Crippen molar-refractivity contribution in [3.05, 3.63) is 101 Å². The number of anilines is 1. The predicted molar refractivity (Wildman–Crippen MR) is 107 cm³/mol. The molecular weight excluding hydrogens is 337 g/mol. The molecule has 0 unspecified atom stereocenters. The minimum atomic E-state index is -0.238. The average Bonchev–Trinajstić information content (AvgIpc) is 3.06. The Balaban J connectivity index is 1.72. The molecule has 0 amide bonds. The molecule has 4 aromatic rings. The van der Waals surface area contributed by atoms with Crippen LogP contribution in [0.5, 0.6) is 0 Å². The van der Waals surface area contributed by atoms with Crippen molar-refractivity contribution in [3.63, 3.8) is 0 Å². The van der Waals surface area contributed by atoms with Gasteiger partial charge in [-0.15, -0.1) is 0 Å². The van der Waals surface area contributed by atoms with Gasteiger partial charge in [-0.1, -0.05) is 42.0 Å². The quantitative estimate of drug-likeness (QED) is 0.512. The van der Waals surface area contributed by atoms with E-state index < -0.39 is 0 Å². The first kappa shape index (κ1) is 15.8. The summed E-state index contributed by atoms with van der Waals surface area (Å²) in [6.07, 6.45) is 2.18. The summed E-state index contributed by atoms with van der Waals surface area (Å²) in [6.45, 7) is 2.10. The zero-order valence-electron chi connectivity index (χ0n) is 14.9. The molecule has 0 spiro atoms. The van der Waals surface area contributed by atoms with Gasteiger partial charge in [-0.25, -0.2) is 9.37 Å². The maximum Gasteiger partial charge on any atom is 0.209 e. The van der Waals surface area contributed by atoms with Gasteiger partial charge in [0.25, 0.3) is 0 Å². The number of benzene rings is 3. The first-order chi connectivity index (χ1) is 13.2. The molecule has 1 aromatic heterocycles.